The van der Waals surface area contributed by atoms with Crippen molar-refractivity contribution in [2.45, 2.75) is 360 Å². The van der Waals surface area contributed by atoms with Gasteiger partial charge < -0.3 is 14.6 Å². The van der Waals surface area contributed by atoms with Crippen LogP contribution in [0.4, 0.5) is 0 Å². The minimum Gasteiger partial charge on any atom is -0.462 e. The van der Waals surface area contributed by atoms with Crippen LogP contribution in [0.3, 0.4) is 0 Å². The smallest absolute Gasteiger partial charge is 0.306 e. The maximum Gasteiger partial charge on any atom is 0.306 e. The van der Waals surface area contributed by atoms with E-state index >= 15 is 0 Å². The van der Waals surface area contributed by atoms with Gasteiger partial charge in [0.05, 0.1) is 6.61 Å². The third kappa shape index (κ3) is 58.8. The van der Waals surface area contributed by atoms with Crippen LogP contribution in [0.15, 0.2) is 24.3 Å². The fourth-order valence-corrected chi connectivity index (χ4v) is 9.73. The zero-order valence-electron chi connectivity index (χ0n) is 46.9. The summed E-state index contributed by atoms with van der Waals surface area (Å²) in [5.41, 5.74) is 0. The summed E-state index contributed by atoms with van der Waals surface area (Å²) in [4.78, 5) is 24.5. The number of hydrogen-bond donors (Lipinski definition) is 1. The van der Waals surface area contributed by atoms with Gasteiger partial charge in [-0.15, -0.1) is 0 Å². The molecule has 5 heteroatoms. The van der Waals surface area contributed by atoms with Gasteiger partial charge in [0, 0.05) is 12.8 Å². The first-order valence-electron chi connectivity index (χ1n) is 31.4. The Balaban J connectivity index is 3.35. The molecule has 0 spiro atoms. The molecule has 5 nitrogen and oxygen atoms in total. The number of hydrogen-bond acceptors (Lipinski definition) is 5. The lowest BCUT2D eigenvalue weighted by Crippen LogP contribution is -2.28. The van der Waals surface area contributed by atoms with E-state index < -0.39 is 6.10 Å². The highest BCUT2D eigenvalue weighted by atomic mass is 16.6. The molecule has 0 amide bonds. The van der Waals surface area contributed by atoms with Crippen molar-refractivity contribution < 1.29 is 24.2 Å². The Labute approximate surface area is 432 Å². The Kier molecular flexibility index (Phi) is 59.3. The van der Waals surface area contributed by atoms with Gasteiger partial charge in [0.1, 0.15) is 6.61 Å². The van der Waals surface area contributed by atoms with Crippen LogP contribution in [0, 0.1) is 0 Å². The number of ether oxygens (including phenoxy) is 2. The second-order valence-corrected chi connectivity index (χ2v) is 21.5. The van der Waals surface area contributed by atoms with Crippen LogP contribution >= 0.6 is 0 Å². The molecule has 0 heterocycles. The number of carbonyl (C=O) groups excluding carboxylic acids is 2. The van der Waals surface area contributed by atoms with Crippen molar-refractivity contribution in [2.24, 2.45) is 0 Å². The highest BCUT2D eigenvalue weighted by Crippen LogP contribution is 2.18. The molecule has 0 aromatic heterocycles. The molecule has 0 aliphatic rings. The van der Waals surface area contributed by atoms with Gasteiger partial charge in [-0.1, -0.05) is 301 Å². The summed E-state index contributed by atoms with van der Waals surface area (Å²) < 4.78 is 10.7. The van der Waals surface area contributed by atoms with E-state index in [4.69, 9.17) is 9.47 Å². The second-order valence-electron chi connectivity index (χ2n) is 21.5. The molecular formula is C64H122O5. The molecule has 0 aliphatic carbocycles. The lowest BCUT2D eigenvalue weighted by Gasteiger charge is -2.15. The number of rotatable bonds is 59. The predicted molar refractivity (Wildman–Crippen MR) is 302 cm³/mol. The van der Waals surface area contributed by atoms with Crippen molar-refractivity contribution in [3.63, 3.8) is 0 Å². The van der Waals surface area contributed by atoms with Crippen LogP contribution in [0.5, 0.6) is 0 Å². The van der Waals surface area contributed by atoms with Crippen molar-refractivity contribution >= 4 is 11.9 Å². The van der Waals surface area contributed by atoms with Crippen molar-refractivity contribution in [1.82, 2.24) is 0 Å². The summed E-state index contributed by atoms with van der Waals surface area (Å²) in [7, 11) is 0. The van der Waals surface area contributed by atoms with Gasteiger partial charge in [-0.2, -0.15) is 0 Å². The molecule has 0 rings (SSSR count). The molecule has 1 atom stereocenters. The summed E-state index contributed by atoms with van der Waals surface area (Å²) in [6.45, 7) is 4.18. The number of allylic oxidation sites excluding steroid dienone is 4. The SMILES string of the molecule is CCCCCCCCC/C=C\CCCCCCCC(=O)OCC(CO)OC(=O)CCCCCCCCCCCCCCCCCCCCCCCCCCCCC/C=C\CCCCCCCCCC. The number of unbranched alkanes of at least 4 members (excludes halogenated alkanes) is 47. The Morgan fingerprint density at radius 3 is 0.783 bits per heavy atom. The molecule has 0 bridgehead atoms. The van der Waals surface area contributed by atoms with Gasteiger partial charge in [0.2, 0.25) is 0 Å². The molecular weight excluding hydrogens is 849 g/mol. The Hall–Kier alpha value is -1.62. The van der Waals surface area contributed by atoms with Crippen LogP contribution in [-0.2, 0) is 19.1 Å². The molecule has 0 fully saturated rings. The van der Waals surface area contributed by atoms with Gasteiger partial charge in [0.15, 0.2) is 6.10 Å². The Morgan fingerprint density at radius 1 is 0.319 bits per heavy atom. The maximum atomic E-state index is 12.3. The van der Waals surface area contributed by atoms with Gasteiger partial charge in [0.25, 0.3) is 0 Å². The van der Waals surface area contributed by atoms with E-state index in [0.29, 0.717) is 12.8 Å². The van der Waals surface area contributed by atoms with E-state index in [1.807, 2.05) is 0 Å². The topological polar surface area (TPSA) is 72.8 Å². The molecule has 69 heavy (non-hydrogen) atoms. The highest BCUT2D eigenvalue weighted by molar-refractivity contribution is 5.70. The van der Waals surface area contributed by atoms with Crippen LogP contribution < -0.4 is 0 Å². The van der Waals surface area contributed by atoms with E-state index in [-0.39, 0.29) is 25.2 Å². The van der Waals surface area contributed by atoms with Crippen LogP contribution in [-0.4, -0.2) is 36.4 Å². The molecule has 0 aliphatic heterocycles. The van der Waals surface area contributed by atoms with Crippen molar-refractivity contribution in [2.75, 3.05) is 13.2 Å². The Morgan fingerprint density at radius 2 is 0.536 bits per heavy atom. The van der Waals surface area contributed by atoms with E-state index in [0.717, 1.165) is 44.9 Å². The average molecular weight is 972 g/mol. The lowest BCUT2D eigenvalue weighted by atomic mass is 10.0. The average Bonchev–Trinajstić information content (AvgIpc) is 3.35. The predicted octanol–water partition coefficient (Wildman–Crippen LogP) is 21.3. The molecule has 408 valence electrons. The van der Waals surface area contributed by atoms with E-state index in [1.54, 1.807) is 0 Å². The molecule has 0 saturated carbocycles. The monoisotopic (exact) mass is 971 g/mol. The van der Waals surface area contributed by atoms with E-state index in [9.17, 15) is 14.7 Å². The standard InChI is InChI=1S/C64H122O5/c1-3-5-7-9-11-13-15-17-19-21-22-23-24-25-26-27-28-29-30-31-32-33-34-35-36-37-38-39-40-41-42-43-45-47-49-51-53-55-57-59-64(67)69-62(60-65)61-68-63(66)58-56-54-52-50-48-46-44-20-18-16-14-12-10-8-6-4-2/h20-22,44,62,65H,3-19,23-43,45-61H2,1-2H3/b22-21-,44-20-. The summed E-state index contributed by atoms with van der Waals surface area (Å²) in [5, 5.41) is 9.65. The summed E-state index contributed by atoms with van der Waals surface area (Å²) in [6, 6.07) is 0. The van der Waals surface area contributed by atoms with Crippen LogP contribution in [0.2, 0.25) is 0 Å². The molecule has 0 saturated heterocycles. The van der Waals surface area contributed by atoms with Crippen molar-refractivity contribution in [1.29, 1.82) is 0 Å². The number of aliphatic hydroxyl groups is 1. The minimum atomic E-state index is -0.771. The Bertz CT molecular complexity index is 1050. The quantitative estimate of drug-likeness (QED) is 0.0373. The fraction of sp³-hybridized carbons (Fsp3) is 0.906. The first kappa shape index (κ1) is 67.4. The first-order valence-corrected chi connectivity index (χ1v) is 31.4. The normalized spacial score (nSPS) is 12.2. The number of esters is 2. The van der Waals surface area contributed by atoms with Crippen molar-refractivity contribution in [3.05, 3.63) is 24.3 Å². The van der Waals surface area contributed by atoms with Gasteiger partial charge in [-0.3, -0.25) is 9.59 Å². The number of aliphatic hydroxyl groups excluding tert-OH is 1. The van der Waals surface area contributed by atoms with Gasteiger partial charge in [-0.05, 0) is 64.2 Å². The third-order valence-corrected chi connectivity index (χ3v) is 14.5. The molecule has 0 radical (unpaired) electrons. The second kappa shape index (κ2) is 60.7. The maximum absolute atomic E-state index is 12.3. The highest BCUT2D eigenvalue weighted by Gasteiger charge is 2.16. The van der Waals surface area contributed by atoms with Crippen molar-refractivity contribution in [3.8, 4) is 0 Å². The third-order valence-electron chi connectivity index (χ3n) is 14.5. The van der Waals surface area contributed by atoms with Gasteiger partial charge >= 0.3 is 11.9 Å². The minimum absolute atomic E-state index is 0.0643. The molecule has 0 aromatic carbocycles. The first-order chi connectivity index (χ1) is 34.1. The van der Waals surface area contributed by atoms with Crippen LogP contribution in [0.1, 0.15) is 354 Å². The zero-order valence-corrected chi connectivity index (χ0v) is 46.9. The summed E-state index contributed by atoms with van der Waals surface area (Å²) >= 11 is 0. The fourth-order valence-electron chi connectivity index (χ4n) is 9.73. The molecule has 1 N–H and O–H groups in total. The summed E-state index contributed by atoms with van der Waals surface area (Å²) in [5.74, 6) is -0.581. The summed E-state index contributed by atoms with van der Waals surface area (Å²) in [6.07, 6.45) is 77.7. The molecule has 0 aromatic rings. The zero-order chi connectivity index (χ0) is 49.9. The van der Waals surface area contributed by atoms with E-state index in [1.165, 1.54) is 283 Å². The van der Waals surface area contributed by atoms with E-state index in [2.05, 4.69) is 38.2 Å². The lowest BCUT2D eigenvalue weighted by molar-refractivity contribution is -0.161. The molecule has 1 unspecified atom stereocenters. The van der Waals surface area contributed by atoms with Gasteiger partial charge in [-0.25, -0.2) is 0 Å². The largest absolute Gasteiger partial charge is 0.462 e. The number of carbonyl (C=O) groups is 2. The van der Waals surface area contributed by atoms with Crippen LogP contribution in [0.25, 0.3) is 0 Å².